The van der Waals surface area contributed by atoms with Crippen LogP contribution in [0.25, 0.3) is 11.1 Å². The summed E-state index contributed by atoms with van der Waals surface area (Å²) in [6.45, 7) is 2.41. The van der Waals surface area contributed by atoms with Crippen LogP contribution in [0.15, 0.2) is 64.6 Å². The minimum Gasteiger partial charge on any atom is -0.497 e. The Kier molecular flexibility index (Phi) is 5.66. The van der Waals surface area contributed by atoms with E-state index in [0.29, 0.717) is 23.7 Å². The zero-order valence-electron chi connectivity index (χ0n) is 17.8. The Bertz CT molecular complexity index is 1220. The smallest absolute Gasteiger partial charge is 0.250 e. The fourth-order valence-electron chi connectivity index (χ4n) is 3.83. The van der Waals surface area contributed by atoms with Gasteiger partial charge in [-0.3, -0.25) is 19.6 Å². The molecule has 1 aromatic carbocycles. The maximum Gasteiger partial charge on any atom is 0.250 e. The highest BCUT2D eigenvalue weighted by Crippen LogP contribution is 2.39. The second-order valence-electron chi connectivity index (χ2n) is 7.37. The number of pyridine rings is 2. The summed E-state index contributed by atoms with van der Waals surface area (Å²) < 4.78 is 7.01. The third kappa shape index (κ3) is 3.99. The number of amides is 1. The fourth-order valence-corrected chi connectivity index (χ4v) is 3.83. The maximum atomic E-state index is 12.5. The van der Waals surface area contributed by atoms with Gasteiger partial charge < -0.3 is 14.6 Å². The summed E-state index contributed by atoms with van der Waals surface area (Å²) in [6, 6.07) is 12.5. The highest BCUT2D eigenvalue weighted by Gasteiger charge is 2.28. The number of hydrogen-bond donors (Lipinski definition) is 1. The number of nitrogens with one attached hydrogen (secondary N) is 1. The second kappa shape index (κ2) is 8.55. The third-order valence-electron chi connectivity index (χ3n) is 5.34. The molecule has 7 nitrogen and oxygen atoms in total. The molecule has 1 aliphatic heterocycles. The first kappa shape index (κ1) is 20.5. The molecule has 2 aromatic heterocycles. The van der Waals surface area contributed by atoms with Gasteiger partial charge in [0, 0.05) is 43.2 Å². The first-order valence-electron chi connectivity index (χ1n) is 10.2. The Hall–Kier alpha value is -3.74. The standard InChI is InChI=1S/C24H24N4O3/c1-4-25-22(29)13-21-17-12-23(30)28(2)14-19(17)16-9-8-15(31-3)11-18(16)24(27-21)20-7-5-6-10-26-20/h5-12,14,21H,4,13H2,1-3H3,(H,25,29)/t21-/m0/s1. The van der Waals surface area contributed by atoms with Crippen LogP contribution < -0.4 is 15.6 Å². The lowest BCUT2D eigenvalue weighted by atomic mass is 9.92. The first-order valence-corrected chi connectivity index (χ1v) is 10.2. The maximum absolute atomic E-state index is 12.5. The van der Waals surface area contributed by atoms with Crippen molar-refractivity contribution in [3.05, 3.63) is 82.0 Å². The van der Waals surface area contributed by atoms with Crippen LogP contribution >= 0.6 is 0 Å². The van der Waals surface area contributed by atoms with Crippen molar-refractivity contribution in [2.45, 2.75) is 19.4 Å². The van der Waals surface area contributed by atoms with Gasteiger partial charge >= 0.3 is 0 Å². The van der Waals surface area contributed by atoms with E-state index in [-0.39, 0.29) is 17.9 Å². The van der Waals surface area contributed by atoms with Crippen molar-refractivity contribution >= 4 is 11.6 Å². The largest absolute Gasteiger partial charge is 0.497 e. The molecule has 0 bridgehead atoms. The summed E-state index contributed by atoms with van der Waals surface area (Å²) in [6.07, 6.45) is 3.66. The van der Waals surface area contributed by atoms with Crippen LogP contribution in [0.1, 0.15) is 36.2 Å². The lowest BCUT2D eigenvalue weighted by molar-refractivity contribution is -0.121. The van der Waals surface area contributed by atoms with Crippen molar-refractivity contribution in [2.24, 2.45) is 12.0 Å². The minimum absolute atomic E-state index is 0.119. The number of ether oxygens (including phenoxy) is 1. The van der Waals surface area contributed by atoms with Gasteiger partial charge in [-0.2, -0.15) is 0 Å². The predicted octanol–water partition coefficient (Wildman–Crippen LogP) is 2.87. The molecule has 3 heterocycles. The molecule has 0 saturated heterocycles. The Morgan fingerprint density at radius 1 is 1.16 bits per heavy atom. The number of aryl methyl sites for hydroxylation is 1. The molecule has 0 aliphatic carbocycles. The van der Waals surface area contributed by atoms with Crippen molar-refractivity contribution in [1.29, 1.82) is 0 Å². The number of fused-ring (bicyclic) bond motifs is 3. The van der Waals surface area contributed by atoms with E-state index in [0.717, 1.165) is 22.3 Å². The van der Waals surface area contributed by atoms with Crippen molar-refractivity contribution < 1.29 is 9.53 Å². The van der Waals surface area contributed by atoms with E-state index >= 15 is 0 Å². The van der Waals surface area contributed by atoms with Crippen LogP contribution in [-0.2, 0) is 11.8 Å². The van der Waals surface area contributed by atoms with Gasteiger partial charge in [0.15, 0.2) is 0 Å². The van der Waals surface area contributed by atoms with Crippen LogP contribution in [0.3, 0.4) is 0 Å². The van der Waals surface area contributed by atoms with Crippen LogP contribution in [-0.4, -0.2) is 34.8 Å². The molecule has 3 aromatic rings. The Labute approximate surface area is 180 Å². The Morgan fingerprint density at radius 2 is 2.00 bits per heavy atom. The zero-order chi connectivity index (χ0) is 22.0. The van der Waals surface area contributed by atoms with Crippen molar-refractivity contribution in [3.63, 3.8) is 0 Å². The Morgan fingerprint density at radius 3 is 2.71 bits per heavy atom. The van der Waals surface area contributed by atoms with Crippen molar-refractivity contribution in [3.8, 4) is 16.9 Å². The van der Waals surface area contributed by atoms with Gasteiger partial charge in [0.25, 0.3) is 5.56 Å². The number of nitrogens with zero attached hydrogens (tertiary/aromatic N) is 3. The number of rotatable bonds is 5. The van der Waals surface area contributed by atoms with Gasteiger partial charge in [-0.05, 0) is 48.4 Å². The van der Waals surface area contributed by atoms with E-state index < -0.39 is 6.04 Å². The monoisotopic (exact) mass is 416 g/mol. The molecule has 0 radical (unpaired) electrons. The van der Waals surface area contributed by atoms with E-state index in [1.807, 2.05) is 49.5 Å². The van der Waals surface area contributed by atoms with E-state index in [1.54, 1.807) is 31.0 Å². The molecule has 0 saturated carbocycles. The van der Waals surface area contributed by atoms with Crippen LogP contribution in [0.5, 0.6) is 5.75 Å². The molecule has 1 N–H and O–H groups in total. The SMILES string of the molecule is CCNC(=O)C[C@@H]1N=C(c2ccccn2)c2cc(OC)ccc2-c2cn(C)c(=O)cc21. The van der Waals surface area contributed by atoms with Gasteiger partial charge in [0.2, 0.25) is 5.91 Å². The average molecular weight is 416 g/mol. The number of benzene rings is 1. The van der Waals surface area contributed by atoms with Crippen LogP contribution in [0.4, 0.5) is 0 Å². The van der Waals surface area contributed by atoms with Crippen molar-refractivity contribution in [2.75, 3.05) is 13.7 Å². The van der Waals surface area contributed by atoms with Gasteiger partial charge in [0.1, 0.15) is 5.75 Å². The molecule has 0 spiro atoms. The summed E-state index contributed by atoms with van der Waals surface area (Å²) >= 11 is 0. The highest BCUT2D eigenvalue weighted by atomic mass is 16.5. The van der Waals surface area contributed by atoms with E-state index in [9.17, 15) is 9.59 Å². The quantitative estimate of drug-likeness (QED) is 0.693. The average Bonchev–Trinajstić information content (AvgIpc) is 2.90. The molecular formula is C24H24N4O3. The number of carbonyl (C=O) groups is 1. The second-order valence-corrected chi connectivity index (χ2v) is 7.37. The molecule has 1 atom stereocenters. The van der Waals surface area contributed by atoms with Crippen LogP contribution in [0, 0.1) is 0 Å². The van der Waals surface area contributed by atoms with E-state index in [4.69, 9.17) is 9.73 Å². The molecule has 1 amide bonds. The highest BCUT2D eigenvalue weighted by molar-refractivity contribution is 6.16. The summed E-state index contributed by atoms with van der Waals surface area (Å²) in [7, 11) is 3.33. The number of carbonyl (C=O) groups excluding carboxylic acids is 1. The topological polar surface area (TPSA) is 85.6 Å². The van der Waals surface area contributed by atoms with E-state index in [1.165, 1.54) is 0 Å². The minimum atomic E-state index is -0.522. The predicted molar refractivity (Wildman–Crippen MR) is 120 cm³/mol. The molecule has 31 heavy (non-hydrogen) atoms. The summed E-state index contributed by atoms with van der Waals surface area (Å²) in [5.41, 5.74) is 4.56. The molecular weight excluding hydrogens is 392 g/mol. The summed E-state index contributed by atoms with van der Waals surface area (Å²) in [4.78, 5) is 34.5. The van der Waals surface area contributed by atoms with Gasteiger partial charge in [0.05, 0.1) is 31.0 Å². The van der Waals surface area contributed by atoms with Crippen molar-refractivity contribution in [1.82, 2.24) is 14.9 Å². The summed E-state index contributed by atoms with van der Waals surface area (Å²) in [5.74, 6) is 0.572. The third-order valence-corrected chi connectivity index (χ3v) is 5.34. The number of aromatic nitrogens is 2. The summed E-state index contributed by atoms with van der Waals surface area (Å²) in [5, 5.41) is 2.84. The number of aliphatic imine (C=N–C) groups is 1. The molecule has 0 unspecified atom stereocenters. The normalized spacial score (nSPS) is 14.7. The zero-order valence-corrected chi connectivity index (χ0v) is 17.8. The van der Waals surface area contributed by atoms with E-state index in [2.05, 4.69) is 10.3 Å². The van der Waals surface area contributed by atoms with Gasteiger partial charge in [-0.1, -0.05) is 6.07 Å². The number of methoxy groups -OCH3 is 1. The molecule has 7 heteroatoms. The van der Waals surface area contributed by atoms with Gasteiger partial charge in [-0.25, -0.2) is 0 Å². The molecule has 158 valence electrons. The molecule has 1 aliphatic rings. The van der Waals surface area contributed by atoms with Crippen LogP contribution in [0.2, 0.25) is 0 Å². The first-order chi connectivity index (χ1) is 15.0. The molecule has 0 fully saturated rings. The lowest BCUT2D eigenvalue weighted by Crippen LogP contribution is -2.25. The van der Waals surface area contributed by atoms with Gasteiger partial charge in [-0.15, -0.1) is 0 Å². The lowest BCUT2D eigenvalue weighted by Gasteiger charge is -2.16. The molecule has 4 rings (SSSR count). The number of hydrogen-bond acceptors (Lipinski definition) is 5. The Balaban J connectivity index is 2.02. The fraction of sp³-hybridized carbons (Fsp3) is 0.250.